The number of esters is 1. The molecule has 1 saturated carbocycles. The molecular formula is C24H24N2O2. The Morgan fingerprint density at radius 3 is 2.75 bits per heavy atom. The lowest BCUT2D eigenvalue weighted by molar-refractivity contribution is -0.142. The molecule has 28 heavy (non-hydrogen) atoms. The van der Waals surface area contributed by atoms with Crippen LogP contribution in [0.1, 0.15) is 37.9 Å². The third-order valence-electron chi connectivity index (χ3n) is 6.51. The number of carbonyl (C=O) groups excluding carboxylic acids is 1. The van der Waals surface area contributed by atoms with Crippen LogP contribution in [0.3, 0.4) is 0 Å². The highest BCUT2D eigenvalue weighted by atomic mass is 16.5. The lowest BCUT2D eigenvalue weighted by atomic mass is 9.66. The molecule has 0 N–H and O–H groups in total. The van der Waals surface area contributed by atoms with Crippen LogP contribution in [0.25, 0.3) is 17.2 Å². The number of benzene rings is 1. The Balaban J connectivity index is 1.49. The summed E-state index contributed by atoms with van der Waals surface area (Å²) in [4.78, 5) is 16.2. The molecule has 1 aliphatic heterocycles. The summed E-state index contributed by atoms with van der Waals surface area (Å²) in [6.07, 6.45) is 7.62. The van der Waals surface area contributed by atoms with Gasteiger partial charge in [0.25, 0.3) is 0 Å². The predicted octanol–water partition coefficient (Wildman–Crippen LogP) is 4.86. The number of rotatable bonds is 3. The van der Waals surface area contributed by atoms with Crippen LogP contribution in [0.5, 0.6) is 0 Å². The minimum absolute atomic E-state index is 0.0476. The van der Waals surface area contributed by atoms with Gasteiger partial charge in [0.2, 0.25) is 0 Å². The maximum atomic E-state index is 11.7. The van der Waals surface area contributed by atoms with E-state index in [1.165, 1.54) is 0 Å². The summed E-state index contributed by atoms with van der Waals surface area (Å²) >= 11 is 0. The predicted molar refractivity (Wildman–Crippen MR) is 108 cm³/mol. The number of allylic oxidation sites excluding steroid dienone is 1. The van der Waals surface area contributed by atoms with Gasteiger partial charge in [0, 0.05) is 23.2 Å². The molecule has 2 aromatic rings. The van der Waals surface area contributed by atoms with E-state index in [1.807, 2.05) is 42.6 Å². The summed E-state index contributed by atoms with van der Waals surface area (Å²) in [6, 6.07) is 13.8. The van der Waals surface area contributed by atoms with Crippen LogP contribution in [0, 0.1) is 35.0 Å². The van der Waals surface area contributed by atoms with Crippen molar-refractivity contribution in [2.24, 2.45) is 23.7 Å². The van der Waals surface area contributed by atoms with Crippen molar-refractivity contribution in [2.75, 3.05) is 0 Å². The van der Waals surface area contributed by atoms with Crippen molar-refractivity contribution < 1.29 is 9.53 Å². The highest BCUT2D eigenvalue weighted by Crippen LogP contribution is 2.45. The van der Waals surface area contributed by atoms with E-state index in [0.29, 0.717) is 35.7 Å². The molecule has 2 aliphatic rings. The van der Waals surface area contributed by atoms with Crippen molar-refractivity contribution in [2.45, 2.75) is 32.8 Å². The highest BCUT2D eigenvalue weighted by Gasteiger charge is 2.46. The van der Waals surface area contributed by atoms with Crippen molar-refractivity contribution in [3.05, 3.63) is 59.9 Å². The zero-order valence-corrected chi connectivity index (χ0v) is 16.2. The van der Waals surface area contributed by atoms with Gasteiger partial charge in [0.15, 0.2) is 0 Å². The van der Waals surface area contributed by atoms with Crippen molar-refractivity contribution in [1.82, 2.24) is 4.98 Å². The molecule has 142 valence electrons. The molecule has 1 saturated heterocycles. The fourth-order valence-electron chi connectivity index (χ4n) is 4.61. The van der Waals surface area contributed by atoms with Gasteiger partial charge in [-0.2, -0.15) is 5.26 Å². The topological polar surface area (TPSA) is 63.0 Å². The van der Waals surface area contributed by atoms with Crippen LogP contribution >= 0.6 is 0 Å². The van der Waals surface area contributed by atoms with E-state index in [1.54, 1.807) is 0 Å². The first-order valence-electron chi connectivity index (χ1n) is 9.90. The van der Waals surface area contributed by atoms with E-state index >= 15 is 0 Å². The van der Waals surface area contributed by atoms with Crippen molar-refractivity contribution in [3.63, 3.8) is 0 Å². The van der Waals surface area contributed by atoms with Crippen molar-refractivity contribution >= 4 is 12.0 Å². The first-order valence-corrected chi connectivity index (χ1v) is 9.90. The highest BCUT2D eigenvalue weighted by molar-refractivity contribution is 5.72. The van der Waals surface area contributed by atoms with Crippen LogP contribution in [0.15, 0.2) is 48.7 Å². The molecule has 1 aromatic carbocycles. The monoisotopic (exact) mass is 372 g/mol. The van der Waals surface area contributed by atoms with Gasteiger partial charge in [-0.05, 0) is 42.4 Å². The van der Waals surface area contributed by atoms with Crippen LogP contribution < -0.4 is 0 Å². The minimum atomic E-state index is -0.0476. The van der Waals surface area contributed by atoms with Crippen LogP contribution in [0.2, 0.25) is 0 Å². The Morgan fingerprint density at radius 2 is 2.00 bits per heavy atom. The molecule has 2 heterocycles. The fourth-order valence-corrected chi connectivity index (χ4v) is 4.61. The molecule has 4 heteroatoms. The molecule has 4 rings (SSSR count). The van der Waals surface area contributed by atoms with Crippen molar-refractivity contribution in [1.29, 1.82) is 5.26 Å². The number of hydrogen-bond acceptors (Lipinski definition) is 4. The van der Waals surface area contributed by atoms with Crippen LogP contribution in [-0.4, -0.2) is 17.1 Å². The number of nitriles is 1. The number of fused-ring (bicyclic) bond motifs is 1. The Labute approximate surface area is 165 Å². The molecule has 0 unspecified atom stereocenters. The van der Waals surface area contributed by atoms with Gasteiger partial charge in [-0.25, -0.2) is 0 Å². The molecule has 0 amide bonds. The summed E-state index contributed by atoms with van der Waals surface area (Å²) < 4.78 is 5.54. The van der Waals surface area contributed by atoms with Crippen molar-refractivity contribution in [3.8, 4) is 17.2 Å². The van der Waals surface area contributed by atoms with Gasteiger partial charge in [0.1, 0.15) is 6.10 Å². The number of aromatic nitrogens is 1. The van der Waals surface area contributed by atoms with Crippen LogP contribution in [-0.2, 0) is 9.53 Å². The maximum Gasteiger partial charge on any atom is 0.306 e. The number of carbonyl (C=O) groups is 1. The third kappa shape index (κ3) is 3.45. The van der Waals surface area contributed by atoms with Gasteiger partial charge in [-0.15, -0.1) is 0 Å². The molecule has 0 spiro atoms. The zero-order chi connectivity index (χ0) is 19.7. The second-order valence-electron chi connectivity index (χ2n) is 8.00. The van der Waals surface area contributed by atoms with Gasteiger partial charge in [-0.1, -0.05) is 44.2 Å². The average molecular weight is 372 g/mol. The molecule has 1 aliphatic carbocycles. The smallest absolute Gasteiger partial charge is 0.306 e. The maximum absolute atomic E-state index is 11.7. The Bertz CT molecular complexity index is 942. The normalized spacial score (nSPS) is 29.3. The summed E-state index contributed by atoms with van der Waals surface area (Å²) in [5.41, 5.74) is 3.38. The second kappa shape index (κ2) is 7.59. The van der Waals surface area contributed by atoms with Gasteiger partial charge in [0.05, 0.1) is 23.7 Å². The largest absolute Gasteiger partial charge is 0.462 e. The fraction of sp³-hybridized carbons (Fsp3) is 0.375. The van der Waals surface area contributed by atoms with Gasteiger partial charge >= 0.3 is 5.97 Å². The molecule has 4 nitrogen and oxygen atoms in total. The first-order chi connectivity index (χ1) is 13.6. The Hall–Kier alpha value is -2.93. The van der Waals surface area contributed by atoms with E-state index < -0.39 is 0 Å². The Morgan fingerprint density at radius 1 is 1.18 bits per heavy atom. The molecule has 1 aromatic heterocycles. The van der Waals surface area contributed by atoms with Gasteiger partial charge in [-0.3, -0.25) is 9.78 Å². The number of ether oxygens (including phenoxy) is 1. The van der Waals surface area contributed by atoms with Crippen LogP contribution in [0.4, 0.5) is 0 Å². The standard InChI is InChI=1S/C24H24N2O2/c1-15-16(2)22-12-24(27)28-23(22)11-17(15)7-9-20-10-8-19(14-26-20)21-6-4-3-5-18(21)13-25/h3-10,14-17,22-23H,11-12H2,1-2H3/b9-7+/t15-,16-,17-,22+,23+/m1/s1. The number of pyridine rings is 1. The van der Waals surface area contributed by atoms with E-state index in [0.717, 1.165) is 23.2 Å². The SMILES string of the molecule is C[C@@H]1[C@@H](C)[C@H](/C=C/c2ccc(-c3ccccc3C#N)cn2)C[C@@H]2OC(=O)C[C@@H]12. The number of hydrogen-bond donors (Lipinski definition) is 0. The van der Waals surface area contributed by atoms with E-state index in [4.69, 9.17) is 4.74 Å². The third-order valence-corrected chi connectivity index (χ3v) is 6.51. The quantitative estimate of drug-likeness (QED) is 0.722. The molecule has 2 fully saturated rings. The molecule has 0 radical (unpaired) electrons. The second-order valence-corrected chi connectivity index (χ2v) is 8.00. The summed E-state index contributed by atoms with van der Waals surface area (Å²) in [6.45, 7) is 4.51. The Kier molecular flexibility index (Phi) is 5.00. The molecule has 5 atom stereocenters. The zero-order valence-electron chi connectivity index (χ0n) is 16.2. The summed E-state index contributed by atoms with van der Waals surface area (Å²) in [7, 11) is 0. The average Bonchev–Trinajstić information content (AvgIpc) is 3.10. The minimum Gasteiger partial charge on any atom is -0.462 e. The first kappa shape index (κ1) is 18.4. The lowest BCUT2D eigenvalue weighted by Gasteiger charge is -2.39. The van der Waals surface area contributed by atoms with E-state index in [9.17, 15) is 10.1 Å². The summed E-state index contributed by atoms with van der Waals surface area (Å²) in [5, 5.41) is 9.28. The molecule has 0 bridgehead atoms. The summed E-state index contributed by atoms with van der Waals surface area (Å²) in [5.74, 6) is 1.67. The van der Waals surface area contributed by atoms with E-state index in [-0.39, 0.29) is 12.1 Å². The number of nitrogens with zero attached hydrogens (tertiary/aromatic N) is 2. The molecular weight excluding hydrogens is 348 g/mol. The van der Waals surface area contributed by atoms with E-state index in [2.05, 4.69) is 37.1 Å². The lowest BCUT2D eigenvalue weighted by Crippen LogP contribution is -2.37. The van der Waals surface area contributed by atoms with Gasteiger partial charge < -0.3 is 4.74 Å².